The summed E-state index contributed by atoms with van der Waals surface area (Å²) in [7, 11) is 0. The molecule has 4 nitrogen and oxygen atoms in total. The molecule has 4 rings (SSSR count). The molecular weight excluding hydrogens is 367 g/mol. The number of benzene rings is 3. The molecular formula is C24H23FN2O2. The highest BCUT2D eigenvalue weighted by atomic mass is 19.1. The maximum atomic E-state index is 13.1. The molecule has 1 N–H and O–H groups in total. The summed E-state index contributed by atoms with van der Waals surface area (Å²) in [6.07, 6.45) is -0.159. The second-order valence-corrected chi connectivity index (χ2v) is 6.95. The third-order valence-electron chi connectivity index (χ3n) is 5.11. The minimum atomic E-state index is -0.659. The summed E-state index contributed by atoms with van der Waals surface area (Å²) < 4.78 is 21.1. The van der Waals surface area contributed by atoms with E-state index in [2.05, 4.69) is 28.9 Å². The van der Waals surface area contributed by atoms with Gasteiger partial charge in [0.15, 0.2) is 6.10 Å². The predicted molar refractivity (Wildman–Crippen MR) is 115 cm³/mol. The third kappa shape index (κ3) is 3.68. The molecule has 1 amide bonds. The Balaban J connectivity index is 1.60. The molecule has 4 aromatic rings. The van der Waals surface area contributed by atoms with Crippen LogP contribution in [0.2, 0.25) is 0 Å². The number of hydrogen-bond acceptors (Lipinski definition) is 2. The van der Waals surface area contributed by atoms with Crippen LogP contribution in [-0.4, -0.2) is 16.6 Å². The fraction of sp³-hybridized carbons (Fsp3) is 0.208. The van der Waals surface area contributed by atoms with Crippen LogP contribution >= 0.6 is 0 Å². The highest BCUT2D eigenvalue weighted by molar-refractivity contribution is 6.10. The average molecular weight is 390 g/mol. The molecule has 0 aliphatic heterocycles. The summed E-state index contributed by atoms with van der Waals surface area (Å²) in [6, 6.07) is 19.9. The number of nitrogens with one attached hydrogen (secondary N) is 1. The zero-order chi connectivity index (χ0) is 20.4. The Bertz CT molecular complexity index is 1160. The molecule has 0 bridgehead atoms. The van der Waals surface area contributed by atoms with Crippen LogP contribution in [-0.2, 0) is 11.3 Å². The lowest BCUT2D eigenvalue weighted by Crippen LogP contribution is -2.32. The molecule has 0 saturated carbocycles. The Labute approximate surface area is 168 Å². The molecule has 0 fully saturated rings. The van der Waals surface area contributed by atoms with E-state index in [1.807, 2.05) is 37.3 Å². The second kappa shape index (κ2) is 7.95. The molecule has 0 aliphatic carbocycles. The molecule has 1 atom stereocenters. The van der Waals surface area contributed by atoms with Crippen molar-refractivity contribution in [3.8, 4) is 5.75 Å². The van der Waals surface area contributed by atoms with Gasteiger partial charge in [-0.15, -0.1) is 0 Å². The van der Waals surface area contributed by atoms with Gasteiger partial charge in [0, 0.05) is 34.0 Å². The number of para-hydroxylation sites is 1. The van der Waals surface area contributed by atoms with Crippen LogP contribution in [0.3, 0.4) is 0 Å². The molecule has 1 aromatic heterocycles. The Morgan fingerprint density at radius 3 is 2.45 bits per heavy atom. The first kappa shape index (κ1) is 19.0. The van der Waals surface area contributed by atoms with Gasteiger partial charge in [-0.2, -0.15) is 0 Å². The van der Waals surface area contributed by atoms with E-state index >= 15 is 0 Å². The summed E-state index contributed by atoms with van der Waals surface area (Å²) in [5.41, 5.74) is 3.04. The van der Waals surface area contributed by atoms with E-state index in [-0.39, 0.29) is 11.7 Å². The van der Waals surface area contributed by atoms with Crippen LogP contribution in [0.15, 0.2) is 66.7 Å². The molecule has 0 saturated heterocycles. The highest BCUT2D eigenvalue weighted by Gasteiger charge is 2.19. The molecule has 0 aliphatic rings. The smallest absolute Gasteiger partial charge is 0.265 e. The fourth-order valence-electron chi connectivity index (χ4n) is 3.69. The van der Waals surface area contributed by atoms with E-state index in [1.165, 1.54) is 29.8 Å². The number of ether oxygens (including phenoxy) is 1. The summed E-state index contributed by atoms with van der Waals surface area (Å²) >= 11 is 0. The van der Waals surface area contributed by atoms with Crippen LogP contribution in [0.25, 0.3) is 21.8 Å². The zero-order valence-corrected chi connectivity index (χ0v) is 16.5. The first-order valence-electron chi connectivity index (χ1n) is 9.84. The average Bonchev–Trinajstić information content (AvgIpc) is 3.06. The molecule has 5 heteroatoms. The quantitative estimate of drug-likeness (QED) is 0.456. The van der Waals surface area contributed by atoms with Crippen molar-refractivity contribution in [2.45, 2.75) is 32.9 Å². The maximum Gasteiger partial charge on any atom is 0.265 e. The number of carbonyl (C=O) groups is 1. The van der Waals surface area contributed by atoms with Crippen LogP contribution in [0.5, 0.6) is 5.75 Å². The van der Waals surface area contributed by atoms with E-state index in [0.717, 1.165) is 28.5 Å². The van der Waals surface area contributed by atoms with Crippen LogP contribution in [0.1, 0.15) is 20.3 Å². The predicted octanol–water partition coefficient (Wildman–Crippen LogP) is 5.75. The number of amides is 1. The van der Waals surface area contributed by atoms with E-state index in [0.29, 0.717) is 12.2 Å². The lowest BCUT2D eigenvalue weighted by molar-refractivity contribution is -0.122. The molecule has 0 spiro atoms. The summed E-state index contributed by atoms with van der Waals surface area (Å²) in [6.45, 7) is 4.88. The molecule has 0 radical (unpaired) electrons. The SMILES string of the molecule is CCC(Oc1ccc(F)cc1)C(=O)Nc1ccc2c(c1)c1ccccc1n2CC. The van der Waals surface area contributed by atoms with Crippen molar-refractivity contribution in [1.29, 1.82) is 0 Å². The van der Waals surface area contributed by atoms with Crippen LogP contribution in [0.4, 0.5) is 10.1 Å². The monoisotopic (exact) mass is 390 g/mol. The van der Waals surface area contributed by atoms with Gasteiger partial charge in [-0.25, -0.2) is 4.39 Å². The highest BCUT2D eigenvalue weighted by Crippen LogP contribution is 2.31. The normalized spacial score (nSPS) is 12.2. The Hall–Kier alpha value is -3.34. The first-order chi connectivity index (χ1) is 14.1. The van der Waals surface area contributed by atoms with Crippen molar-refractivity contribution >= 4 is 33.4 Å². The molecule has 29 heavy (non-hydrogen) atoms. The van der Waals surface area contributed by atoms with Gasteiger partial charge in [0.1, 0.15) is 11.6 Å². The first-order valence-corrected chi connectivity index (χ1v) is 9.84. The summed E-state index contributed by atoms with van der Waals surface area (Å²) in [5, 5.41) is 5.23. The van der Waals surface area contributed by atoms with Gasteiger partial charge in [0.25, 0.3) is 5.91 Å². The molecule has 148 valence electrons. The van der Waals surface area contributed by atoms with Crippen LogP contribution < -0.4 is 10.1 Å². The summed E-state index contributed by atoms with van der Waals surface area (Å²) in [4.78, 5) is 12.8. The van der Waals surface area contributed by atoms with Gasteiger partial charge in [0.05, 0.1) is 0 Å². The number of anilines is 1. The number of fused-ring (bicyclic) bond motifs is 3. The largest absolute Gasteiger partial charge is 0.481 e. The van der Waals surface area contributed by atoms with Gasteiger partial charge in [-0.05, 0) is 61.9 Å². The van der Waals surface area contributed by atoms with Crippen LogP contribution in [0, 0.1) is 5.82 Å². The number of hydrogen-bond donors (Lipinski definition) is 1. The molecule has 3 aromatic carbocycles. The zero-order valence-electron chi connectivity index (χ0n) is 16.5. The van der Waals surface area contributed by atoms with Gasteiger partial charge in [0.2, 0.25) is 0 Å². The van der Waals surface area contributed by atoms with E-state index < -0.39 is 6.10 Å². The number of carbonyl (C=O) groups excluding carboxylic acids is 1. The van der Waals surface area contributed by atoms with E-state index in [1.54, 1.807) is 0 Å². The van der Waals surface area contributed by atoms with Gasteiger partial charge < -0.3 is 14.6 Å². The Morgan fingerprint density at radius 1 is 1.00 bits per heavy atom. The maximum absolute atomic E-state index is 13.1. The Morgan fingerprint density at radius 2 is 1.72 bits per heavy atom. The molecule has 1 unspecified atom stereocenters. The van der Waals surface area contributed by atoms with Gasteiger partial charge in [-0.3, -0.25) is 4.79 Å². The van der Waals surface area contributed by atoms with Crippen molar-refractivity contribution in [3.63, 3.8) is 0 Å². The third-order valence-corrected chi connectivity index (χ3v) is 5.11. The molecule has 1 heterocycles. The van der Waals surface area contributed by atoms with E-state index in [9.17, 15) is 9.18 Å². The number of halogens is 1. The van der Waals surface area contributed by atoms with Crippen molar-refractivity contribution in [1.82, 2.24) is 4.57 Å². The van der Waals surface area contributed by atoms with E-state index in [4.69, 9.17) is 4.74 Å². The van der Waals surface area contributed by atoms with Crippen molar-refractivity contribution in [2.24, 2.45) is 0 Å². The van der Waals surface area contributed by atoms with Crippen molar-refractivity contribution in [3.05, 3.63) is 72.5 Å². The fourth-order valence-corrected chi connectivity index (χ4v) is 3.69. The number of rotatable bonds is 6. The number of aryl methyl sites for hydroxylation is 1. The lowest BCUT2D eigenvalue weighted by Gasteiger charge is -2.17. The van der Waals surface area contributed by atoms with Crippen molar-refractivity contribution in [2.75, 3.05) is 5.32 Å². The minimum absolute atomic E-state index is 0.226. The number of aromatic nitrogens is 1. The van der Waals surface area contributed by atoms with Crippen molar-refractivity contribution < 1.29 is 13.9 Å². The standard InChI is InChI=1S/C24H23FN2O2/c1-3-23(29-18-12-9-16(25)10-13-18)24(28)26-17-11-14-22-20(15-17)19-7-5-6-8-21(19)27(22)4-2/h5-15,23H,3-4H2,1-2H3,(H,26,28). The van der Waals surface area contributed by atoms with Gasteiger partial charge >= 0.3 is 0 Å². The second-order valence-electron chi connectivity index (χ2n) is 6.95. The lowest BCUT2D eigenvalue weighted by atomic mass is 10.1. The summed E-state index contributed by atoms with van der Waals surface area (Å²) in [5.74, 6) is -0.0975. The topological polar surface area (TPSA) is 43.3 Å². The van der Waals surface area contributed by atoms with Gasteiger partial charge in [-0.1, -0.05) is 25.1 Å². The minimum Gasteiger partial charge on any atom is -0.481 e. The Kier molecular flexibility index (Phi) is 5.21. The number of nitrogens with zero attached hydrogens (tertiary/aromatic N) is 1.